The van der Waals surface area contributed by atoms with Crippen molar-refractivity contribution in [2.45, 2.75) is 36.9 Å². The van der Waals surface area contributed by atoms with Gasteiger partial charge < -0.3 is 24.4 Å². The minimum atomic E-state index is -1.68. The van der Waals surface area contributed by atoms with Crippen molar-refractivity contribution < 1.29 is 38.8 Å². The molecule has 0 radical (unpaired) electrons. The third-order valence-corrected chi connectivity index (χ3v) is 5.69. The van der Waals surface area contributed by atoms with Crippen LogP contribution in [-0.4, -0.2) is 58.6 Å². The molecule has 3 aromatic rings. The minimum Gasteiger partial charge on any atom is -0.456 e. The number of aliphatic hydroxyl groups is 2. The maximum absolute atomic E-state index is 12.7. The zero-order valence-electron chi connectivity index (χ0n) is 18.6. The van der Waals surface area contributed by atoms with Crippen molar-refractivity contribution >= 4 is 17.9 Å². The van der Waals surface area contributed by atoms with Gasteiger partial charge in [0.05, 0.1) is 16.7 Å². The fourth-order valence-corrected chi connectivity index (χ4v) is 3.84. The monoisotopic (exact) mass is 476 g/mol. The van der Waals surface area contributed by atoms with Crippen LogP contribution in [0.25, 0.3) is 0 Å². The van der Waals surface area contributed by atoms with Crippen LogP contribution in [-0.2, 0) is 14.2 Å². The largest absolute Gasteiger partial charge is 0.456 e. The van der Waals surface area contributed by atoms with Gasteiger partial charge in [0.15, 0.2) is 6.10 Å². The van der Waals surface area contributed by atoms with E-state index < -0.39 is 48.4 Å². The van der Waals surface area contributed by atoms with Gasteiger partial charge in [-0.3, -0.25) is 0 Å². The van der Waals surface area contributed by atoms with Gasteiger partial charge in [-0.05, 0) is 36.4 Å². The van der Waals surface area contributed by atoms with Crippen LogP contribution in [0.15, 0.2) is 91.0 Å². The molecule has 0 aromatic heterocycles. The van der Waals surface area contributed by atoms with E-state index in [1.165, 1.54) is 12.1 Å². The molecule has 4 rings (SSSR count). The highest BCUT2D eigenvalue weighted by Crippen LogP contribution is 2.29. The Bertz CT molecular complexity index is 1150. The molecule has 1 aliphatic carbocycles. The first-order chi connectivity index (χ1) is 16.9. The van der Waals surface area contributed by atoms with Crippen molar-refractivity contribution in [1.29, 1.82) is 0 Å². The molecule has 180 valence electrons. The van der Waals surface area contributed by atoms with Crippen molar-refractivity contribution in [1.82, 2.24) is 0 Å². The van der Waals surface area contributed by atoms with Gasteiger partial charge in [-0.2, -0.15) is 0 Å². The van der Waals surface area contributed by atoms with Crippen molar-refractivity contribution in [3.05, 3.63) is 108 Å². The zero-order chi connectivity index (χ0) is 24.8. The Morgan fingerprint density at radius 3 is 1.34 bits per heavy atom. The lowest BCUT2D eigenvalue weighted by Gasteiger charge is -2.41. The molecule has 0 saturated heterocycles. The number of esters is 3. The summed E-state index contributed by atoms with van der Waals surface area (Å²) in [5.41, 5.74) is 0.726. The summed E-state index contributed by atoms with van der Waals surface area (Å²) in [5, 5.41) is 21.5. The summed E-state index contributed by atoms with van der Waals surface area (Å²) >= 11 is 0. The quantitative estimate of drug-likeness (QED) is 0.412. The normalized spacial score (nSPS) is 23.7. The average molecular weight is 476 g/mol. The van der Waals surface area contributed by atoms with Crippen LogP contribution >= 0.6 is 0 Å². The van der Waals surface area contributed by atoms with Crippen LogP contribution in [0.2, 0.25) is 0 Å². The molecule has 1 fully saturated rings. The van der Waals surface area contributed by atoms with Gasteiger partial charge >= 0.3 is 17.9 Å². The van der Waals surface area contributed by atoms with Gasteiger partial charge in [-0.1, -0.05) is 54.6 Å². The molecule has 2 N–H and O–H groups in total. The van der Waals surface area contributed by atoms with Crippen LogP contribution in [0.1, 0.15) is 37.5 Å². The first-order valence-corrected chi connectivity index (χ1v) is 11.1. The molecule has 0 amide bonds. The van der Waals surface area contributed by atoms with E-state index in [4.69, 9.17) is 14.2 Å². The Morgan fingerprint density at radius 2 is 0.914 bits per heavy atom. The highest BCUT2D eigenvalue weighted by molar-refractivity contribution is 5.91. The molecule has 0 heterocycles. The zero-order valence-corrected chi connectivity index (χ0v) is 18.6. The molecule has 8 nitrogen and oxygen atoms in total. The summed E-state index contributed by atoms with van der Waals surface area (Å²) in [7, 11) is 0. The Hall–Kier alpha value is -4.01. The van der Waals surface area contributed by atoms with E-state index >= 15 is 0 Å². The van der Waals surface area contributed by atoms with E-state index in [1.807, 2.05) is 0 Å². The van der Waals surface area contributed by atoms with Crippen molar-refractivity contribution in [2.24, 2.45) is 0 Å². The molecule has 0 bridgehead atoms. The summed E-state index contributed by atoms with van der Waals surface area (Å²) < 4.78 is 16.5. The van der Waals surface area contributed by atoms with Gasteiger partial charge in [0.2, 0.25) is 0 Å². The van der Waals surface area contributed by atoms with Crippen LogP contribution in [0.3, 0.4) is 0 Å². The summed E-state index contributed by atoms with van der Waals surface area (Å²) in [5.74, 6) is -2.19. The molecule has 3 aromatic carbocycles. The number of ether oxygens (including phenoxy) is 3. The minimum absolute atomic E-state index is 0.192. The van der Waals surface area contributed by atoms with Crippen LogP contribution < -0.4 is 0 Å². The van der Waals surface area contributed by atoms with Gasteiger partial charge in [0.25, 0.3) is 0 Å². The Balaban J connectivity index is 1.56. The predicted octanol–water partition coefficient (Wildman–Crippen LogP) is 2.79. The van der Waals surface area contributed by atoms with Crippen LogP contribution in [0.4, 0.5) is 0 Å². The summed E-state index contributed by atoms with van der Waals surface area (Å²) in [6.45, 7) is 0. The molecular weight excluding hydrogens is 452 g/mol. The van der Waals surface area contributed by atoms with Crippen molar-refractivity contribution in [3.8, 4) is 0 Å². The van der Waals surface area contributed by atoms with Gasteiger partial charge in [-0.25, -0.2) is 14.4 Å². The highest BCUT2D eigenvalue weighted by atomic mass is 16.6. The lowest BCUT2D eigenvalue weighted by molar-refractivity contribution is -0.179. The maximum atomic E-state index is 12.7. The fourth-order valence-electron chi connectivity index (χ4n) is 3.84. The van der Waals surface area contributed by atoms with E-state index in [0.29, 0.717) is 0 Å². The maximum Gasteiger partial charge on any atom is 0.338 e. The fraction of sp³-hybridized carbons (Fsp3) is 0.222. The van der Waals surface area contributed by atoms with Crippen LogP contribution in [0, 0.1) is 0 Å². The second kappa shape index (κ2) is 10.9. The second-order valence-electron chi connectivity index (χ2n) is 8.07. The smallest absolute Gasteiger partial charge is 0.338 e. The summed E-state index contributed by atoms with van der Waals surface area (Å²) in [6.07, 6.45) is -7.25. The van der Waals surface area contributed by atoms with E-state index in [1.54, 1.807) is 78.9 Å². The van der Waals surface area contributed by atoms with E-state index in [9.17, 15) is 24.6 Å². The first kappa shape index (κ1) is 24.1. The van der Waals surface area contributed by atoms with Crippen LogP contribution in [0.5, 0.6) is 0 Å². The molecule has 1 saturated carbocycles. The number of carbonyl (C=O) groups excluding carboxylic acids is 3. The number of aliphatic hydroxyl groups excluding tert-OH is 2. The lowest BCUT2D eigenvalue weighted by Crippen LogP contribution is -2.59. The standard InChI is InChI=1S/C27H24O8/c28-22-20(33-25(30)17-10-4-1-5-11-17)16-21(34-26(31)18-12-6-2-7-13-18)24(23(22)29)35-27(32)19-14-8-3-9-15-19/h1-15,20-24,28-29H,16H2/t20-,21-,22+,23+,24+/m0/s1. The topological polar surface area (TPSA) is 119 Å². The van der Waals surface area contributed by atoms with Gasteiger partial charge in [0, 0.05) is 6.42 Å². The molecule has 5 atom stereocenters. The van der Waals surface area contributed by atoms with E-state index in [-0.39, 0.29) is 23.1 Å². The third kappa shape index (κ3) is 5.74. The number of benzene rings is 3. The van der Waals surface area contributed by atoms with Gasteiger partial charge in [-0.15, -0.1) is 0 Å². The van der Waals surface area contributed by atoms with Crippen molar-refractivity contribution in [3.63, 3.8) is 0 Å². The summed E-state index contributed by atoms with van der Waals surface area (Å²) in [6, 6.07) is 24.4. The lowest BCUT2D eigenvalue weighted by atomic mass is 9.86. The van der Waals surface area contributed by atoms with E-state index in [2.05, 4.69) is 0 Å². The third-order valence-electron chi connectivity index (χ3n) is 5.69. The molecule has 0 spiro atoms. The summed E-state index contributed by atoms with van der Waals surface area (Å²) in [4.78, 5) is 38.0. The Morgan fingerprint density at radius 1 is 0.543 bits per heavy atom. The van der Waals surface area contributed by atoms with Gasteiger partial charge in [0.1, 0.15) is 24.4 Å². The SMILES string of the molecule is O=C(O[C@H]1[C@H](O)[C@H](O)[C@@H](OC(=O)c2ccccc2)C[C@@H]1OC(=O)c1ccccc1)c1ccccc1. The van der Waals surface area contributed by atoms with E-state index in [0.717, 1.165) is 0 Å². The first-order valence-electron chi connectivity index (χ1n) is 11.1. The number of carbonyl (C=O) groups is 3. The predicted molar refractivity (Wildman–Crippen MR) is 124 cm³/mol. The number of hydrogen-bond donors (Lipinski definition) is 2. The Labute approximate surface area is 201 Å². The number of hydrogen-bond acceptors (Lipinski definition) is 8. The molecular formula is C27H24O8. The molecule has 8 heteroatoms. The second-order valence-corrected chi connectivity index (χ2v) is 8.07. The molecule has 0 unspecified atom stereocenters. The molecule has 35 heavy (non-hydrogen) atoms. The molecule has 1 aliphatic rings. The highest BCUT2D eigenvalue weighted by Gasteiger charge is 2.49. The number of rotatable bonds is 6. The average Bonchev–Trinajstić information content (AvgIpc) is 2.90. The Kier molecular flexibility index (Phi) is 7.54. The molecule has 0 aliphatic heterocycles. The van der Waals surface area contributed by atoms with Crippen molar-refractivity contribution in [2.75, 3.05) is 0 Å².